The van der Waals surface area contributed by atoms with E-state index in [2.05, 4.69) is 9.97 Å². The van der Waals surface area contributed by atoms with Crippen molar-refractivity contribution in [2.45, 2.75) is 26.7 Å². The second-order valence-electron chi connectivity index (χ2n) is 3.94. The molecule has 0 aromatic carbocycles. The molecular formula is C11H18N4O. The lowest BCUT2D eigenvalue weighted by atomic mass is 10.1. The zero-order chi connectivity index (χ0) is 12.3. The molecule has 0 aliphatic rings. The lowest BCUT2D eigenvalue weighted by Gasteiger charge is -2.15. The van der Waals surface area contributed by atoms with Crippen LogP contribution in [0.25, 0.3) is 0 Å². The largest absolute Gasteiger partial charge is 0.368 e. The van der Waals surface area contributed by atoms with Crippen molar-refractivity contribution < 1.29 is 4.79 Å². The van der Waals surface area contributed by atoms with E-state index >= 15 is 0 Å². The minimum Gasteiger partial charge on any atom is -0.368 e. The number of hydrogen-bond acceptors (Lipinski definition) is 4. The maximum atomic E-state index is 12.0. The number of nitrogen functional groups attached to an aromatic ring is 1. The first-order valence-electron chi connectivity index (χ1n) is 5.32. The van der Waals surface area contributed by atoms with Gasteiger partial charge in [-0.25, -0.2) is 9.97 Å². The third-order valence-corrected chi connectivity index (χ3v) is 2.29. The quantitative estimate of drug-likeness (QED) is 0.828. The molecule has 0 spiro atoms. The SMILES string of the molecule is CCCc1nc(N)nc(C)c1C(=O)N(C)C. The molecule has 1 rings (SSSR count). The Bertz CT molecular complexity index is 401. The van der Waals surface area contributed by atoms with E-state index in [0.29, 0.717) is 11.3 Å². The molecule has 1 amide bonds. The van der Waals surface area contributed by atoms with Crippen molar-refractivity contribution in [1.29, 1.82) is 0 Å². The zero-order valence-corrected chi connectivity index (χ0v) is 10.2. The molecule has 0 atom stereocenters. The molecule has 88 valence electrons. The lowest BCUT2D eigenvalue weighted by Crippen LogP contribution is -2.25. The topological polar surface area (TPSA) is 72.1 Å². The van der Waals surface area contributed by atoms with Gasteiger partial charge in [-0.2, -0.15) is 0 Å². The van der Waals surface area contributed by atoms with Crippen molar-refractivity contribution in [2.24, 2.45) is 0 Å². The highest BCUT2D eigenvalue weighted by atomic mass is 16.2. The predicted octanol–water partition coefficient (Wildman–Crippen LogP) is 1.02. The summed E-state index contributed by atoms with van der Waals surface area (Å²) >= 11 is 0. The van der Waals surface area contributed by atoms with Gasteiger partial charge in [0, 0.05) is 14.1 Å². The number of anilines is 1. The summed E-state index contributed by atoms with van der Waals surface area (Å²) in [4.78, 5) is 21.7. The van der Waals surface area contributed by atoms with Gasteiger partial charge in [-0.1, -0.05) is 13.3 Å². The van der Waals surface area contributed by atoms with Crippen LogP contribution in [-0.4, -0.2) is 34.9 Å². The van der Waals surface area contributed by atoms with E-state index in [1.807, 2.05) is 6.92 Å². The van der Waals surface area contributed by atoms with Crippen LogP contribution in [-0.2, 0) is 6.42 Å². The maximum absolute atomic E-state index is 12.0. The lowest BCUT2D eigenvalue weighted by molar-refractivity contribution is 0.0825. The van der Waals surface area contributed by atoms with Crippen molar-refractivity contribution in [3.63, 3.8) is 0 Å². The zero-order valence-electron chi connectivity index (χ0n) is 10.2. The van der Waals surface area contributed by atoms with Crippen LogP contribution in [0.4, 0.5) is 5.95 Å². The molecule has 0 saturated carbocycles. The summed E-state index contributed by atoms with van der Waals surface area (Å²) in [5.41, 5.74) is 7.56. The number of nitrogens with zero attached hydrogens (tertiary/aromatic N) is 3. The summed E-state index contributed by atoms with van der Waals surface area (Å²) in [7, 11) is 3.43. The summed E-state index contributed by atoms with van der Waals surface area (Å²) in [6.45, 7) is 3.82. The average molecular weight is 222 g/mol. The second-order valence-corrected chi connectivity index (χ2v) is 3.94. The molecule has 0 bridgehead atoms. The first-order valence-corrected chi connectivity index (χ1v) is 5.32. The normalized spacial score (nSPS) is 10.2. The van der Waals surface area contributed by atoms with Gasteiger partial charge in [-0.05, 0) is 13.3 Å². The number of carbonyl (C=O) groups is 1. The Morgan fingerprint density at radius 2 is 2.00 bits per heavy atom. The smallest absolute Gasteiger partial charge is 0.257 e. The first kappa shape index (κ1) is 12.4. The maximum Gasteiger partial charge on any atom is 0.257 e. The van der Waals surface area contributed by atoms with Crippen molar-refractivity contribution in [3.8, 4) is 0 Å². The third kappa shape index (κ3) is 2.48. The van der Waals surface area contributed by atoms with Crippen LogP contribution in [0.15, 0.2) is 0 Å². The monoisotopic (exact) mass is 222 g/mol. The summed E-state index contributed by atoms with van der Waals surface area (Å²) in [5, 5.41) is 0. The number of aryl methyl sites for hydroxylation is 2. The molecule has 1 aromatic rings. The Hall–Kier alpha value is -1.65. The molecule has 0 saturated heterocycles. The molecule has 2 N–H and O–H groups in total. The van der Waals surface area contributed by atoms with E-state index in [4.69, 9.17) is 5.73 Å². The highest BCUT2D eigenvalue weighted by molar-refractivity contribution is 5.96. The van der Waals surface area contributed by atoms with Gasteiger partial charge in [0.1, 0.15) is 0 Å². The summed E-state index contributed by atoms with van der Waals surface area (Å²) < 4.78 is 0. The molecule has 0 aliphatic heterocycles. The van der Waals surface area contributed by atoms with E-state index in [-0.39, 0.29) is 11.9 Å². The summed E-state index contributed by atoms with van der Waals surface area (Å²) in [5.74, 6) is 0.164. The van der Waals surface area contributed by atoms with Crippen LogP contribution in [0, 0.1) is 6.92 Å². The van der Waals surface area contributed by atoms with E-state index in [0.717, 1.165) is 18.5 Å². The fourth-order valence-corrected chi connectivity index (χ4v) is 1.58. The van der Waals surface area contributed by atoms with Crippen molar-refractivity contribution in [3.05, 3.63) is 17.0 Å². The molecule has 1 heterocycles. The van der Waals surface area contributed by atoms with Crippen molar-refractivity contribution in [2.75, 3.05) is 19.8 Å². The minimum atomic E-state index is -0.0686. The fraction of sp³-hybridized carbons (Fsp3) is 0.545. The van der Waals surface area contributed by atoms with Crippen LogP contribution in [0.5, 0.6) is 0 Å². The Morgan fingerprint density at radius 3 is 2.50 bits per heavy atom. The summed E-state index contributed by atoms with van der Waals surface area (Å²) in [6, 6.07) is 0. The van der Waals surface area contributed by atoms with Crippen molar-refractivity contribution in [1.82, 2.24) is 14.9 Å². The molecule has 16 heavy (non-hydrogen) atoms. The summed E-state index contributed by atoms with van der Waals surface area (Å²) in [6.07, 6.45) is 1.66. The van der Waals surface area contributed by atoms with E-state index in [1.54, 1.807) is 21.0 Å². The van der Waals surface area contributed by atoms with Gasteiger partial charge in [0.15, 0.2) is 0 Å². The molecule has 5 nitrogen and oxygen atoms in total. The number of rotatable bonds is 3. The molecule has 1 aromatic heterocycles. The van der Waals surface area contributed by atoms with Gasteiger partial charge in [-0.15, -0.1) is 0 Å². The Balaban J connectivity index is 3.29. The molecule has 0 aliphatic carbocycles. The molecule has 0 unspecified atom stereocenters. The van der Waals surface area contributed by atoms with Gasteiger partial charge in [0.05, 0.1) is 17.0 Å². The number of carbonyl (C=O) groups excluding carboxylic acids is 1. The molecule has 0 fully saturated rings. The van der Waals surface area contributed by atoms with Crippen LogP contribution in [0.3, 0.4) is 0 Å². The molecule has 0 radical (unpaired) electrons. The van der Waals surface area contributed by atoms with Crippen molar-refractivity contribution >= 4 is 11.9 Å². The second kappa shape index (κ2) is 4.92. The van der Waals surface area contributed by atoms with Crippen LogP contribution >= 0.6 is 0 Å². The average Bonchev–Trinajstić information content (AvgIpc) is 2.16. The van der Waals surface area contributed by atoms with Gasteiger partial charge in [0.2, 0.25) is 5.95 Å². The number of amides is 1. The highest BCUT2D eigenvalue weighted by Gasteiger charge is 2.18. The van der Waals surface area contributed by atoms with Crippen LogP contribution in [0.2, 0.25) is 0 Å². The van der Waals surface area contributed by atoms with E-state index in [9.17, 15) is 4.79 Å². The van der Waals surface area contributed by atoms with Gasteiger partial charge in [0.25, 0.3) is 5.91 Å². The third-order valence-electron chi connectivity index (χ3n) is 2.29. The Labute approximate surface area is 95.7 Å². The predicted molar refractivity (Wildman–Crippen MR) is 63.2 cm³/mol. The number of hydrogen-bond donors (Lipinski definition) is 1. The first-order chi connectivity index (χ1) is 7.47. The Morgan fingerprint density at radius 1 is 1.38 bits per heavy atom. The molecular weight excluding hydrogens is 204 g/mol. The number of aromatic nitrogens is 2. The van der Waals surface area contributed by atoms with E-state index in [1.165, 1.54) is 4.90 Å². The van der Waals surface area contributed by atoms with Gasteiger partial charge in [-0.3, -0.25) is 4.79 Å². The highest BCUT2D eigenvalue weighted by Crippen LogP contribution is 2.15. The van der Waals surface area contributed by atoms with E-state index < -0.39 is 0 Å². The minimum absolute atomic E-state index is 0.0686. The van der Waals surface area contributed by atoms with Gasteiger partial charge < -0.3 is 10.6 Å². The van der Waals surface area contributed by atoms with Gasteiger partial charge >= 0.3 is 0 Å². The Kier molecular flexibility index (Phi) is 3.82. The van der Waals surface area contributed by atoms with Crippen LogP contribution < -0.4 is 5.73 Å². The standard InChI is InChI=1S/C11H18N4O/c1-5-6-8-9(10(16)15(3)4)7(2)13-11(12)14-8/h5-6H2,1-4H3,(H2,12,13,14). The van der Waals surface area contributed by atoms with Crippen LogP contribution in [0.1, 0.15) is 35.1 Å². The fourth-order valence-electron chi connectivity index (χ4n) is 1.58. The number of nitrogens with two attached hydrogens (primary N) is 1. The molecule has 5 heteroatoms.